The summed E-state index contributed by atoms with van der Waals surface area (Å²) < 4.78 is 15.8. The Hall–Kier alpha value is -3.19. The zero-order valence-electron chi connectivity index (χ0n) is 16.3. The van der Waals surface area contributed by atoms with Crippen LogP contribution < -0.4 is 9.47 Å². The minimum atomic E-state index is -0.617. The molecular formula is C22H21NO5S. The number of nitrogens with zero attached hydrogens (tertiary/aromatic N) is 1. The van der Waals surface area contributed by atoms with E-state index in [0.29, 0.717) is 32.7 Å². The molecule has 0 spiro atoms. The number of ether oxygens (including phenoxy) is 3. The number of rotatable bonds is 6. The Balaban J connectivity index is 2.08. The lowest BCUT2D eigenvalue weighted by Gasteiger charge is -2.08. The van der Waals surface area contributed by atoms with Crippen molar-refractivity contribution in [3.8, 4) is 11.5 Å². The van der Waals surface area contributed by atoms with Crippen LogP contribution in [0.5, 0.6) is 11.5 Å². The van der Waals surface area contributed by atoms with Gasteiger partial charge in [-0.15, -0.1) is 0 Å². The van der Waals surface area contributed by atoms with Crippen molar-refractivity contribution < 1.29 is 24.1 Å². The number of carbonyl (C=O) groups is 1. The van der Waals surface area contributed by atoms with Crippen LogP contribution in [0.3, 0.4) is 0 Å². The predicted octanol–water partition coefficient (Wildman–Crippen LogP) is 4.90. The number of aliphatic imine (C=N–C) groups is 1. The van der Waals surface area contributed by atoms with Crippen molar-refractivity contribution in [3.63, 3.8) is 0 Å². The van der Waals surface area contributed by atoms with Gasteiger partial charge in [0.1, 0.15) is 27.9 Å². The molecule has 7 heteroatoms. The van der Waals surface area contributed by atoms with Crippen molar-refractivity contribution in [3.05, 3.63) is 70.3 Å². The molecule has 1 aliphatic rings. The van der Waals surface area contributed by atoms with Gasteiger partial charge in [0.25, 0.3) is 0 Å². The maximum atomic E-state index is 12.5. The average Bonchev–Trinajstić information content (AvgIpc) is 3.03. The zero-order chi connectivity index (χ0) is 20.8. The van der Waals surface area contributed by atoms with E-state index < -0.39 is 5.97 Å². The normalized spacial score (nSPS) is 16.4. The molecule has 29 heavy (non-hydrogen) atoms. The van der Waals surface area contributed by atoms with E-state index in [9.17, 15) is 9.90 Å². The summed E-state index contributed by atoms with van der Waals surface area (Å²) in [6.45, 7) is 1.91. The first kappa shape index (κ1) is 20.5. The minimum absolute atomic E-state index is 0.0498. The van der Waals surface area contributed by atoms with Gasteiger partial charge in [-0.1, -0.05) is 30.0 Å². The molecule has 0 aliphatic carbocycles. The lowest BCUT2D eigenvalue weighted by Crippen LogP contribution is -2.12. The largest absolute Gasteiger partial charge is 0.506 e. The molecular weight excluding hydrogens is 390 g/mol. The fraction of sp³-hybridized carbons (Fsp3) is 0.182. The van der Waals surface area contributed by atoms with Crippen molar-refractivity contribution in [2.24, 2.45) is 4.99 Å². The summed E-state index contributed by atoms with van der Waals surface area (Å²) in [5.41, 5.74) is 1.42. The summed E-state index contributed by atoms with van der Waals surface area (Å²) in [5, 5.41) is 11.2. The van der Waals surface area contributed by atoms with Crippen LogP contribution in [0.2, 0.25) is 0 Å². The van der Waals surface area contributed by atoms with Crippen molar-refractivity contribution in [2.75, 3.05) is 20.8 Å². The molecule has 0 aromatic heterocycles. The molecule has 1 aliphatic heterocycles. The van der Waals surface area contributed by atoms with Gasteiger partial charge in [-0.25, -0.2) is 9.79 Å². The molecule has 0 atom stereocenters. The molecule has 2 aromatic carbocycles. The number of methoxy groups -OCH3 is 2. The van der Waals surface area contributed by atoms with Gasteiger partial charge >= 0.3 is 5.97 Å². The molecule has 2 aromatic rings. The number of carbonyl (C=O) groups excluding carboxylic acids is 1. The van der Waals surface area contributed by atoms with Crippen molar-refractivity contribution in [1.82, 2.24) is 0 Å². The number of aliphatic hydroxyl groups is 1. The molecule has 0 saturated carbocycles. The smallest absolute Gasteiger partial charge is 0.344 e. The maximum absolute atomic E-state index is 12.5. The minimum Gasteiger partial charge on any atom is -0.506 e. The quantitative estimate of drug-likeness (QED) is 0.682. The van der Waals surface area contributed by atoms with Crippen molar-refractivity contribution in [1.29, 1.82) is 0 Å². The lowest BCUT2D eigenvalue weighted by atomic mass is 10.1. The molecule has 1 N–H and O–H groups in total. The average molecular weight is 411 g/mol. The third-order valence-electron chi connectivity index (χ3n) is 4.08. The number of benzene rings is 2. The van der Waals surface area contributed by atoms with E-state index in [2.05, 4.69) is 4.99 Å². The highest BCUT2D eigenvalue weighted by Gasteiger charge is 2.33. The second-order valence-electron chi connectivity index (χ2n) is 5.92. The van der Waals surface area contributed by atoms with E-state index in [1.54, 1.807) is 45.4 Å². The van der Waals surface area contributed by atoms with E-state index >= 15 is 0 Å². The SMILES string of the molecule is CCOC(=O)C1=C(O)/C(=C/c2cc(OC)ccc2OC)SC1=Nc1ccccc1. The van der Waals surface area contributed by atoms with E-state index in [4.69, 9.17) is 14.2 Å². The number of thioether (sulfide) groups is 1. The topological polar surface area (TPSA) is 77.4 Å². The second kappa shape index (κ2) is 9.34. The van der Waals surface area contributed by atoms with Crippen LogP contribution in [-0.2, 0) is 9.53 Å². The molecule has 3 rings (SSSR count). The molecule has 1 heterocycles. The Labute approximate surface area is 173 Å². The molecule has 0 bridgehead atoms. The molecule has 0 fully saturated rings. The lowest BCUT2D eigenvalue weighted by molar-refractivity contribution is -0.138. The van der Waals surface area contributed by atoms with Crippen molar-refractivity contribution in [2.45, 2.75) is 6.92 Å². The molecule has 6 nitrogen and oxygen atoms in total. The predicted molar refractivity (Wildman–Crippen MR) is 115 cm³/mol. The first-order valence-electron chi connectivity index (χ1n) is 8.93. The van der Waals surface area contributed by atoms with Gasteiger partial charge < -0.3 is 19.3 Å². The summed E-state index contributed by atoms with van der Waals surface area (Å²) in [7, 11) is 3.14. The zero-order valence-corrected chi connectivity index (χ0v) is 17.2. The number of aliphatic hydroxyl groups excluding tert-OH is 1. The Morgan fingerprint density at radius 3 is 2.55 bits per heavy atom. The molecule has 0 saturated heterocycles. The summed E-state index contributed by atoms with van der Waals surface area (Å²) in [6, 6.07) is 14.6. The van der Waals surface area contributed by atoms with Crippen LogP contribution in [0.25, 0.3) is 6.08 Å². The van der Waals surface area contributed by atoms with Crippen LogP contribution in [0.1, 0.15) is 12.5 Å². The summed E-state index contributed by atoms with van der Waals surface area (Å²) >= 11 is 1.19. The van der Waals surface area contributed by atoms with Gasteiger partial charge in [-0.05, 0) is 43.3 Å². The van der Waals surface area contributed by atoms with E-state index in [0.717, 1.165) is 0 Å². The molecule has 0 amide bonds. The molecule has 0 unspecified atom stereocenters. The Morgan fingerprint density at radius 1 is 1.14 bits per heavy atom. The van der Waals surface area contributed by atoms with Gasteiger partial charge in [-0.2, -0.15) is 0 Å². The van der Waals surface area contributed by atoms with Crippen LogP contribution >= 0.6 is 11.8 Å². The Bertz CT molecular complexity index is 996. The number of hydrogen-bond donors (Lipinski definition) is 1. The summed E-state index contributed by atoms with van der Waals surface area (Å²) in [4.78, 5) is 17.5. The summed E-state index contributed by atoms with van der Waals surface area (Å²) in [6.07, 6.45) is 1.73. The van der Waals surface area contributed by atoms with Crippen molar-refractivity contribution >= 4 is 34.5 Å². The highest BCUT2D eigenvalue weighted by molar-refractivity contribution is 8.18. The monoisotopic (exact) mass is 411 g/mol. The van der Waals surface area contributed by atoms with E-state index in [1.807, 2.05) is 30.3 Å². The van der Waals surface area contributed by atoms with Crippen LogP contribution in [0, 0.1) is 0 Å². The summed E-state index contributed by atoms with van der Waals surface area (Å²) in [5.74, 6) is 0.465. The Morgan fingerprint density at radius 2 is 1.90 bits per heavy atom. The Kier molecular flexibility index (Phi) is 6.61. The molecule has 0 radical (unpaired) electrons. The second-order valence-corrected chi connectivity index (χ2v) is 6.95. The van der Waals surface area contributed by atoms with Gasteiger partial charge in [0.05, 0.1) is 31.4 Å². The van der Waals surface area contributed by atoms with E-state index in [1.165, 1.54) is 11.8 Å². The van der Waals surface area contributed by atoms with Gasteiger partial charge in [0, 0.05) is 5.56 Å². The number of para-hydroxylation sites is 1. The van der Waals surface area contributed by atoms with Gasteiger partial charge in [-0.3, -0.25) is 0 Å². The van der Waals surface area contributed by atoms with Crippen LogP contribution in [0.4, 0.5) is 5.69 Å². The third kappa shape index (κ3) is 4.63. The first-order valence-corrected chi connectivity index (χ1v) is 9.75. The highest BCUT2D eigenvalue weighted by atomic mass is 32.2. The highest BCUT2D eigenvalue weighted by Crippen LogP contribution is 2.41. The maximum Gasteiger partial charge on any atom is 0.344 e. The van der Waals surface area contributed by atoms with Gasteiger partial charge in [0.2, 0.25) is 0 Å². The third-order valence-corrected chi connectivity index (χ3v) is 5.10. The van der Waals surface area contributed by atoms with Crippen LogP contribution in [0.15, 0.2) is 69.8 Å². The first-order chi connectivity index (χ1) is 14.1. The fourth-order valence-corrected chi connectivity index (χ4v) is 3.73. The fourth-order valence-electron chi connectivity index (χ4n) is 2.71. The standard InChI is InChI=1S/C22H21NO5S/c1-4-28-22(25)19-20(24)18(29-21(19)23-15-8-6-5-7-9-15)13-14-12-16(26-2)10-11-17(14)27-3/h5-13,24H,4H2,1-3H3/b18-13-,23-21?. The van der Waals surface area contributed by atoms with Gasteiger partial charge in [0.15, 0.2) is 0 Å². The van der Waals surface area contributed by atoms with Crippen LogP contribution in [-0.4, -0.2) is 36.9 Å². The molecule has 150 valence electrons. The number of hydrogen-bond acceptors (Lipinski definition) is 7. The van der Waals surface area contributed by atoms with E-state index in [-0.39, 0.29) is 17.9 Å². The number of esters is 1.